The molecule has 90 valence electrons. The van der Waals surface area contributed by atoms with Crippen LogP contribution in [0.2, 0.25) is 0 Å². The lowest BCUT2D eigenvalue weighted by Crippen LogP contribution is -2.37. The van der Waals surface area contributed by atoms with Crippen molar-refractivity contribution in [2.75, 3.05) is 13.7 Å². The molecule has 0 aliphatic rings. The Morgan fingerprint density at radius 1 is 1.33 bits per heavy atom. The molecule has 6 heteroatoms. The van der Waals surface area contributed by atoms with Crippen molar-refractivity contribution >= 4 is 5.97 Å². The fourth-order valence-electron chi connectivity index (χ4n) is 1.21. The van der Waals surface area contributed by atoms with Crippen molar-refractivity contribution in [2.45, 2.75) is 32.4 Å². The van der Waals surface area contributed by atoms with Gasteiger partial charge in [-0.25, -0.2) is 0 Å². The number of hydrogen-bond donors (Lipinski definition) is 1. The average Bonchev–Trinajstić information content (AvgIpc) is 2.14. The Balaban J connectivity index is 4.16. The van der Waals surface area contributed by atoms with E-state index in [0.29, 0.717) is 0 Å². The van der Waals surface area contributed by atoms with Crippen LogP contribution in [0.15, 0.2) is 0 Å². The van der Waals surface area contributed by atoms with E-state index >= 15 is 0 Å². The largest absolute Gasteiger partial charge is 0.469 e. The highest BCUT2D eigenvalue weighted by molar-refractivity contribution is 5.76. The third kappa shape index (κ3) is 5.01. The van der Waals surface area contributed by atoms with Gasteiger partial charge < -0.3 is 10.5 Å². The predicted octanol–water partition coefficient (Wildman–Crippen LogP) is 1.86. The molecule has 0 saturated carbocycles. The molecule has 0 heterocycles. The van der Waals surface area contributed by atoms with Gasteiger partial charge in [0.2, 0.25) is 0 Å². The number of esters is 1. The van der Waals surface area contributed by atoms with Crippen molar-refractivity contribution in [3.63, 3.8) is 0 Å². The fourth-order valence-corrected chi connectivity index (χ4v) is 1.21. The van der Waals surface area contributed by atoms with Gasteiger partial charge in [0, 0.05) is 13.0 Å². The van der Waals surface area contributed by atoms with Crippen LogP contribution in [0.3, 0.4) is 0 Å². The summed E-state index contributed by atoms with van der Waals surface area (Å²) in [4.78, 5) is 11.2. The molecule has 3 nitrogen and oxygen atoms in total. The number of alkyl halides is 3. The molecule has 1 unspecified atom stereocenters. The Morgan fingerprint density at radius 3 is 2.20 bits per heavy atom. The van der Waals surface area contributed by atoms with Crippen LogP contribution >= 0.6 is 0 Å². The second-order valence-electron chi connectivity index (χ2n) is 3.73. The Hall–Kier alpha value is -0.780. The van der Waals surface area contributed by atoms with Crippen LogP contribution in [0, 0.1) is 5.41 Å². The summed E-state index contributed by atoms with van der Waals surface area (Å²) in [6.45, 7) is 1.49. The van der Waals surface area contributed by atoms with E-state index in [1.807, 2.05) is 0 Å². The number of rotatable bonds is 5. The summed E-state index contributed by atoms with van der Waals surface area (Å²) in [7, 11) is 1.19. The van der Waals surface area contributed by atoms with E-state index in [2.05, 4.69) is 4.74 Å². The maximum Gasteiger partial charge on any atom is 0.389 e. The first kappa shape index (κ1) is 14.2. The molecule has 15 heavy (non-hydrogen) atoms. The van der Waals surface area contributed by atoms with Gasteiger partial charge in [-0.15, -0.1) is 0 Å². The third-order valence-corrected chi connectivity index (χ3v) is 2.32. The number of ether oxygens (including phenoxy) is 1. The minimum atomic E-state index is -4.19. The van der Waals surface area contributed by atoms with Crippen LogP contribution in [0.25, 0.3) is 0 Å². The fraction of sp³-hybridized carbons (Fsp3) is 0.889. The maximum atomic E-state index is 11.9. The summed E-state index contributed by atoms with van der Waals surface area (Å²) >= 11 is 0. The van der Waals surface area contributed by atoms with E-state index in [4.69, 9.17) is 5.73 Å². The average molecular weight is 227 g/mol. The van der Waals surface area contributed by atoms with Crippen molar-refractivity contribution in [1.82, 2.24) is 0 Å². The van der Waals surface area contributed by atoms with Gasteiger partial charge in [0.1, 0.15) is 0 Å². The third-order valence-electron chi connectivity index (χ3n) is 2.32. The van der Waals surface area contributed by atoms with Gasteiger partial charge >= 0.3 is 12.1 Å². The van der Waals surface area contributed by atoms with Crippen molar-refractivity contribution in [3.05, 3.63) is 0 Å². The van der Waals surface area contributed by atoms with Crippen LogP contribution in [-0.4, -0.2) is 25.8 Å². The molecule has 1 atom stereocenters. The first-order valence-corrected chi connectivity index (χ1v) is 4.60. The highest BCUT2D eigenvalue weighted by atomic mass is 19.4. The monoisotopic (exact) mass is 227 g/mol. The Morgan fingerprint density at radius 2 is 1.87 bits per heavy atom. The molecular formula is C9H16F3NO2. The molecule has 0 rings (SSSR count). The normalized spacial score (nSPS) is 15.9. The van der Waals surface area contributed by atoms with Crippen molar-refractivity contribution in [2.24, 2.45) is 11.1 Å². The molecule has 0 saturated heterocycles. The van der Waals surface area contributed by atoms with Gasteiger partial charge in [-0.05, 0) is 19.8 Å². The Kier molecular flexibility index (Phi) is 5.07. The summed E-state index contributed by atoms with van der Waals surface area (Å²) in [6, 6.07) is 0. The van der Waals surface area contributed by atoms with Gasteiger partial charge in [-0.3, -0.25) is 4.79 Å². The van der Waals surface area contributed by atoms with E-state index in [1.165, 1.54) is 14.0 Å². The van der Waals surface area contributed by atoms with Gasteiger partial charge in [0.05, 0.1) is 12.5 Å². The maximum absolute atomic E-state index is 11.9. The van der Waals surface area contributed by atoms with Crippen molar-refractivity contribution in [3.8, 4) is 0 Å². The lowest BCUT2D eigenvalue weighted by Gasteiger charge is -2.24. The number of nitrogens with two attached hydrogens (primary N) is 1. The topological polar surface area (TPSA) is 52.3 Å². The molecule has 2 N–H and O–H groups in total. The quantitative estimate of drug-likeness (QED) is 0.729. The molecule has 0 aliphatic carbocycles. The van der Waals surface area contributed by atoms with Gasteiger partial charge in [-0.1, -0.05) is 0 Å². The predicted molar refractivity (Wildman–Crippen MR) is 49.1 cm³/mol. The molecular weight excluding hydrogens is 211 g/mol. The van der Waals surface area contributed by atoms with E-state index in [9.17, 15) is 18.0 Å². The van der Waals surface area contributed by atoms with Crippen molar-refractivity contribution in [1.29, 1.82) is 0 Å². The Labute approximate surface area is 86.8 Å². The summed E-state index contributed by atoms with van der Waals surface area (Å²) in [5.41, 5.74) is 4.34. The van der Waals surface area contributed by atoms with Crippen LogP contribution in [0.5, 0.6) is 0 Å². The SMILES string of the molecule is COC(=O)C(C)(CN)CCCC(F)(F)F. The summed E-state index contributed by atoms with van der Waals surface area (Å²) in [5.74, 6) is -0.563. The molecule has 0 amide bonds. The standard InChI is InChI=1S/C9H16F3NO2/c1-8(6-13,7(14)15-2)4-3-5-9(10,11)12/h3-6,13H2,1-2H3. The van der Waals surface area contributed by atoms with Crippen LogP contribution in [0.4, 0.5) is 13.2 Å². The van der Waals surface area contributed by atoms with E-state index in [1.54, 1.807) is 0 Å². The second-order valence-corrected chi connectivity index (χ2v) is 3.73. The minimum Gasteiger partial charge on any atom is -0.469 e. The molecule has 0 aromatic carbocycles. The first-order valence-electron chi connectivity index (χ1n) is 4.60. The number of carbonyl (C=O) groups excluding carboxylic acids is 1. The smallest absolute Gasteiger partial charge is 0.389 e. The van der Waals surface area contributed by atoms with Crippen LogP contribution < -0.4 is 5.73 Å². The van der Waals surface area contributed by atoms with Gasteiger partial charge in [0.15, 0.2) is 0 Å². The number of hydrogen-bond acceptors (Lipinski definition) is 3. The summed E-state index contributed by atoms with van der Waals surface area (Å²) in [5, 5.41) is 0. The molecule has 0 aliphatic heterocycles. The second kappa shape index (κ2) is 5.34. The molecule has 0 aromatic rings. The minimum absolute atomic E-state index is 0.0163. The van der Waals surface area contributed by atoms with Crippen LogP contribution in [-0.2, 0) is 9.53 Å². The van der Waals surface area contributed by atoms with E-state index in [-0.39, 0.29) is 19.4 Å². The first-order chi connectivity index (χ1) is 6.75. The number of halogens is 3. The molecule has 0 bridgehead atoms. The lowest BCUT2D eigenvalue weighted by atomic mass is 9.85. The zero-order chi connectivity index (χ0) is 12.1. The van der Waals surface area contributed by atoms with Crippen LogP contribution in [0.1, 0.15) is 26.2 Å². The highest BCUT2D eigenvalue weighted by Crippen LogP contribution is 2.29. The molecule has 0 radical (unpaired) electrons. The van der Waals surface area contributed by atoms with Crippen molar-refractivity contribution < 1.29 is 22.7 Å². The molecule has 0 fully saturated rings. The van der Waals surface area contributed by atoms with E-state index < -0.39 is 24.0 Å². The Bertz CT molecular complexity index is 218. The summed E-state index contributed by atoms with van der Waals surface area (Å²) in [6.07, 6.45) is -5.13. The van der Waals surface area contributed by atoms with Gasteiger partial charge in [0.25, 0.3) is 0 Å². The zero-order valence-corrected chi connectivity index (χ0v) is 8.86. The lowest BCUT2D eigenvalue weighted by molar-refractivity contribution is -0.154. The number of methoxy groups -OCH3 is 1. The summed E-state index contributed by atoms with van der Waals surface area (Å²) < 4.78 is 40.1. The zero-order valence-electron chi connectivity index (χ0n) is 8.86. The van der Waals surface area contributed by atoms with E-state index in [0.717, 1.165) is 0 Å². The highest BCUT2D eigenvalue weighted by Gasteiger charge is 2.34. The molecule has 0 spiro atoms. The van der Waals surface area contributed by atoms with Gasteiger partial charge in [-0.2, -0.15) is 13.2 Å². The molecule has 0 aromatic heterocycles. The number of carbonyl (C=O) groups is 1.